The predicted molar refractivity (Wildman–Crippen MR) is 76.0 cm³/mol. The fourth-order valence-electron chi connectivity index (χ4n) is 1.63. The molecule has 0 aromatic heterocycles. The molecule has 0 amide bonds. The van der Waals surface area contributed by atoms with E-state index in [1.165, 1.54) is 6.07 Å². The van der Waals surface area contributed by atoms with Crippen molar-refractivity contribution in [2.24, 2.45) is 4.99 Å². The summed E-state index contributed by atoms with van der Waals surface area (Å²) in [5.74, 6) is 0.599. The Balaban J connectivity index is 2.11. The van der Waals surface area contributed by atoms with E-state index >= 15 is 0 Å². The summed E-state index contributed by atoms with van der Waals surface area (Å²) in [6.07, 6.45) is 1.71. The van der Waals surface area contributed by atoms with E-state index in [9.17, 15) is 4.39 Å². The number of hydrogen-bond acceptors (Lipinski definition) is 2. The van der Waals surface area contributed by atoms with Gasteiger partial charge in [-0.25, -0.2) is 4.39 Å². The van der Waals surface area contributed by atoms with Crippen LogP contribution in [0.15, 0.2) is 47.5 Å². The van der Waals surface area contributed by atoms with Gasteiger partial charge in [-0.1, -0.05) is 6.07 Å². The Labute approximate surface area is 112 Å². The average Bonchev–Trinajstić information content (AvgIpc) is 2.42. The monoisotopic (exact) mass is 257 g/mol. The highest BCUT2D eigenvalue weighted by molar-refractivity contribution is 5.82. The molecule has 2 nitrogen and oxygen atoms in total. The number of hydrogen-bond donors (Lipinski definition) is 0. The molecule has 0 aliphatic heterocycles. The second-order valence-corrected chi connectivity index (χ2v) is 4.19. The van der Waals surface area contributed by atoms with Gasteiger partial charge in [0.25, 0.3) is 0 Å². The number of benzene rings is 2. The molecule has 19 heavy (non-hydrogen) atoms. The number of rotatable bonds is 4. The fraction of sp³-hybridized carbons (Fsp3) is 0.188. The van der Waals surface area contributed by atoms with Crippen molar-refractivity contribution in [1.29, 1.82) is 0 Å². The van der Waals surface area contributed by atoms with Gasteiger partial charge in [0.2, 0.25) is 0 Å². The molecule has 2 aromatic rings. The van der Waals surface area contributed by atoms with Gasteiger partial charge >= 0.3 is 0 Å². The minimum absolute atomic E-state index is 0.235. The van der Waals surface area contributed by atoms with Crippen LogP contribution in [-0.2, 0) is 0 Å². The Morgan fingerprint density at radius 3 is 2.53 bits per heavy atom. The first-order valence-electron chi connectivity index (χ1n) is 6.22. The second-order valence-electron chi connectivity index (χ2n) is 4.19. The zero-order chi connectivity index (χ0) is 13.7. The number of aryl methyl sites for hydroxylation is 1. The van der Waals surface area contributed by atoms with Crippen LogP contribution >= 0.6 is 0 Å². The molecule has 0 saturated heterocycles. The van der Waals surface area contributed by atoms with E-state index in [0.29, 0.717) is 17.9 Å². The number of ether oxygens (including phenoxy) is 1. The second kappa shape index (κ2) is 6.14. The summed E-state index contributed by atoms with van der Waals surface area (Å²) in [6.45, 7) is 4.33. The van der Waals surface area contributed by atoms with Crippen LogP contribution in [-0.4, -0.2) is 12.8 Å². The van der Waals surface area contributed by atoms with Crippen molar-refractivity contribution in [3.05, 3.63) is 59.4 Å². The van der Waals surface area contributed by atoms with Gasteiger partial charge < -0.3 is 4.74 Å². The van der Waals surface area contributed by atoms with Crippen LogP contribution in [0.4, 0.5) is 10.1 Å². The summed E-state index contributed by atoms with van der Waals surface area (Å²) in [4.78, 5) is 4.25. The molecule has 2 aromatic carbocycles. The molecule has 0 aliphatic carbocycles. The molecular weight excluding hydrogens is 241 g/mol. The first-order valence-corrected chi connectivity index (χ1v) is 6.22. The number of aliphatic imine (C=N–C) groups is 1. The SMILES string of the molecule is CCOc1ccc(C=Nc2ccc(C)c(F)c2)cc1. The van der Waals surface area contributed by atoms with Gasteiger partial charge in [0.1, 0.15) is 11.6 Å². The third-order valence-electron chi connectivity index (χ3n) is 2.71. The Bertz CT molecular complexity index is 576. The molecule has 0 unspecified atom stereocenters. The van der Waals surface area contributed by atoms with E-state index in [0.717, 1.165) is 11.3 Å². The normalized spacial score (nSPS) is 10.9. The van der Waals surface area contributed by atoms with Gasteiger partial charge in [0.15, 0.2) is 0 Å². The molecule has 0 N–H and O–H groups in total. The van der Waals surface area contributed by atoms with Crippen molar-refractivity contribution >= 4 is 11.9 Å². The maximum atomic E-state index is 13.4. The highest BCUT2D eigenvalue weighted by Crippen LogP contribution is 2.17. The molecular formula is C16H16FNO. The van der Waals surface area contributed by atoms with Crippen LogP contribution in [0, 0.1) is 12.7 Å². The third-order valence-corrected chi connectivity index (χ3v) is 2.71. The van der Waals surface area contributed by atoms with E-state index in [1.54, 1.807) is 25.3 Å². The standard InChI is InChI=1S/C16H16FNO/c1-3-19-15-8-5-13(6-9-15)11-18-14-7-4-12(2)16(17)10-14/h4-11H,3H2,1-2H3. The lowest BCUT2D eigenvalue weighted by molar-refractivity contribution is 0.340. The Morgan fingerprint density at radius 2 is 1.89 bits per heavy atom. The van der Waals surface area contributed by atoms with Crippen molar-refractivity contribution in [2.75, 3.05) is 6.61 Å². The third kappa shape index (κ3) is 3.65. The van der Waals surface area contributed by atoms with E-state index in [1.807, 2.05) is 31.2 Å². The lowest BCUT2D eigenvalue weighted by atomic mass is 10.2. The summed E-state index contributed by atoms with van der Waals surface area (Å²) < 4.78 is 18.7. The minimum atomic E-state index is -0.235. The zero-order valence-electron chi connectivity index (χ0n) is 11.1. The summed E-state index contributed by atoms with van der Waals surface area (Å²) >= 11 is 0. The van der Waals surface area contributed by atoms with Gasteiger partial charge in [0.05, 0.1) is 12.3 Å². The molecule has 98 valence electrons. The van der Waals surface area contributed by atoms with Crippen molar-refractivity contribution in [2.45, 2.75) is 13.8 Å². The lowest BCUT2D eigenvalue weighted by Crippen LogP contribution is -1.91. The van der Waals surface area contributed by atoms with Gasteiger partial charge in [-0.05, 0) is 61.4 Å². The molecule has 2 rings (SSSR count). The molecule has 0 saturated carbocycles. The number of nitrogens with zero attached hydrogens (tertiary/aromatic N) is 1. The van der Waals surface area contributed by atoms with Gasteiger partial charge in [0, 0.05) is 6.21 Å². The van der Waals surface area contributed by atoms with Gasteiger partial charge in [-0.2, -0.15) is 0 Å². The molecule has 3 heteroatoms. The molecule has 0 bridgehead atoms. The van der Waals surface area contributed by atoms with Crippen molar-refractivity contribution in [3.8, 4) is 5.75 Å². The number of halogens is 1. The van der Waals surface area contributed by atoms with E-state index in [-0.39, 0.29) is 5.82 Å². The van der Waals surface area contributed by atoms with Gasteiger partial charge in [-0.15, -0.1) is 0 Å². The largest absolute Gasteiger partial charge is 0.494 e. The summed E-state index contributed by atoms with van der Waals surface area (Å²) in [5.41, 5.74) is 2.18. The predicted octanol–water partition coefficient (Wildman–Crippen LogP) is 4.28. The van der Waals surface area contributed by atoms with Crippen LogP contribution in [0.3, 0.4) is 0 Å². The van der Waals surface area contributed by atoms with Crippen molar-refractivity contribution in [3.63, 3.8) is 0 Å². The lowest BCUT2D eigenvalue weighted by Gasteiger charge is -2.02. The van der Waals surface area contributed by atoms with Crippen molar-refractivity contribution in [1.82, 2.24) is 0 Å². The molecule has 0 heterocycles. The van der Waals surface area contributed by atoms with Gasteiger partial charge in [-0.3, -0.25) is 4.99 Å². The van der Waals surface area contributed by atoms with E-state index < -0.39 is 0 Å². The Kier molecular flexibility index (Phi) is 4.29. The Hall–Kier alpha value is -2.16. The first-order chi connectivity index (χ1) is 9.19. The van der Waals surface area contributed by atoms with Crippen LogP contribution < -0.4 is 4.74 Å². The van der Waals surface area contributed by atoms with Crippen LogP contribution in [0.1, 0.15) is 18.1 Å². The fourth-order valence-corrected chi connectivity index (χ4v) is 1.63. The zero-order valence-corrected chi connectivity index (χ0v) is 11.1. The van der Waals surface area contributed by atoms with Crippen molar-refractivity contribution < 1.29 is 9.13 Å². The van der Waals surface area contributed by atoms with Crippen LogP contribution in [0.2, 0.25) is 0 Å². The summed E-state index contributed by atoms with van der Waals surface area (Å²) in [5, 5.41) is 0. The maximum Gasteiger partial charge on any atom is 0.128 e. The van der Waals surface area contributed by atoms with E-state index in [4.69, 9.17) is 4.74 Å². The summed E-state index contributed by atoms with van der Waals surface area (Å²) in [6, 6.07) is 12.6. The molecule has 0 radical (unpaired) electrons. The van der Waals surface area contributed by atoms with Crippen LogP contribution in [0.5, 0.6) is 5.75 Å². The van der Waals surface area contributed by atoms with E-state index in [2.05, 4.69) is 4.99 Å². The first kappa shape index (κ1) is 13.3. The Morgan fingerprint density at radius 1 is 1.16 bits per heavy atom. The summed E-state index contributed by atoms with van der Waals surface area (Å²) in [7, 11) is 0. The highest BCUT2D eigenvalue weighted by atomic mass is 19.1. The molecule has 0 atom stereocenters. The smallest absolute Gasteiger partial charge is 0.128 e. The molecule has 0 spiro atoms. The quantitative estimate of drug-likeness (QED) is 0.749. The molecule has 0 fully saturated rings. The maximum absolute atomic E-state index is 13.4. The molecule has 0 aliphatic rings. The average molecular weight is 257 g/mol. The topological polar surface area (TPSA) is 21.6 Å². The minimum Gasteiger partial charge on any atom is -0.494 e. The van der Waals surface area contributed by atoms with Crippen LogP contribution in [0.25, 0.3) is 0 Å². The highest BCUT2D eigenvalue weighted by Gasteiger charge is 1.97.